The molecule has 74 valence electrons. The molecule has 1 heterocycles. The van der Waals surface area contributed by atoms with Gasteiger partial charge >= 0.3 is 0 Å². The molecule has 1 saturated carbocycles. The molecule has 2 N–H and O–H groups in total. The monoisotopic (exact) mass is 190 g/mol. The summed E-state index contributed by atoms with van der Waals surface area (Å²) in [5, 5.41) is 0. The summed E-state index contributed by atoms with van der Waals surface area (Å²) in [4.78, 5) is 11.3. The predicted molar refractivity (Wildman–Crippen MR) is 53.2 cm³/mol. The van der Waals surface area contributed by atoms with Crippen molar-refractivity contribution in [2.45, 2.75) is 31.7 Å². The van der Waals surface area contributed by atoms with Gasteiger partial charge in [-0.2, -0.15) is 0 Å². The molecule has 0 aromatic rings. The molecule has 14 heavy (non-hydrogen) atoms. The molecule has 0 aromatic heterocycles. The van der Waals surface area contributed by atoms with Gasteiger partial charge in [-0.05, 0) is 31.4 Å². The van der Waals surface area contributed by atoms with Crippen molar-refractivity contribution in [3.63, 3.8) is 0 Å². The fourth-order valence-electron chi connectivity index (χ4n) is 2.33. The number of hydrogen-bond acceptors (Lipinski definition) is 3. The summed E-state index contributed by atoms with van der Waals surface area (Å²) >= 11 is 0. The SMILES string of the molecule is CC12CC(=O)C=CC1=C(C1CC1)NN2. The van der Waals surface area contributed by atoms with Crippen molar-refractivity contribution in [2.24, 2.45) is 5.92 Å². The van der Waals surface area contributed by atoms with E-state index in [1.165, 1.54) is 24.1 Å². The highest BCUT2D eigenvalue weighted by molar-refractivity contribution is 5.93. The van der Waals surface area contributed by atoms with Crippen LogP contribution in [0.15, 0.2) is 23.4 Å². The lowest BCUT2D eigenvalue weighted by Gasteiger charge is -2.27. The number of carbonyl (C=O) groups excluding carboxylic acids is 1. The van der Waals surface area contributed by atoms with Gasteiger partial charge in [-0.1, -0.05) is 6.08 Å². The zero-order chi connectivity index (χ0) is 9.76. The fraction of sp³-hybridized carbons (Fsp3) is 0.545. The van der Waals surface area contributed by atoms with E-state index in [0.717, 1.165) is 0 Å². The van der Waals surface area contributed by atoms with Crippen LogP contribution >= 0.6 is 0 Å². The van der Waals surface area contributed by atoms with Gasteiger partial charge in [0.05, 0.1) is 5.54 Å². The van der Waals surface area contributed by atoms with E-state index >= 15 is 0 Å². The number of fused-ring (bicyclic) bond motifs is 1. The third-order valence-electron chi connectivity index (χ3n) is 3.31. The molecule has 3 aliphatic rings. The highest BCUT2D eigenvalue weighted by Crippen LogP contribution is 2.43. The highest BCUT2D eigenvalue weighted by atomic mass is 16.1. The summed E-state index contributed by atoms with van der Waals surface area (Å²) in [5.41, 5.74) is 8.93. The number of allylic oxidation sites excluding steroid dienone is 2. The van der Waals surface area contributed by atoms with Crippen LogP contribution in [0.2, 0.25) is 0 Å². The van der Waals surface area contributed by atoms with Crippen LogP contribution < -0.4 is 10.9 Å². The van der Waals surface area contributed by atoms with Crippen molar-refractivity contribution >= 4 is 5.78 Å². The van der Waals surface area contributed by atoms with E-state index in [1.54, 1.807) is 6.08 Å². The number of nitrogens with one attached hydrogen (secondary N) is 2. The second-order valence-electron chi connectivity index (χ2n) is 4.66. The normalized spacial score (nSPS) is 35.9. The molecule has 3 rings (SSSR count). The van der Waals surface area contributed by atoms with Gasteiger partial charge in [-0.3, -0.25) is 4.79 Å². The molecule has 1 atom stereocenters. The first-order valence-corrected chi connectivity index (χ1v) is 5.18. The Bertz CT molecular complexity index is 365. The fourth-order valence-corrected chi connectivity index (χ4v) is 2.33. The zero-order valence-electron chi connectivity index (χ0n) is 8.26. The first kappa shape index (κ1) is 8.24. The Morgan fingerprint density at radius 1 is 1.43 bits per heavy atom. The molecule has 2 aliphatic carbocycles. The van der Waals surface area contributed by atoms with E-state index in [1.807, 2.05) is 6.08 Å². The van der Waals surface area contributed by atoms with Crippen molar-refractivity contribution < 1.29 is 4.79 Å². The number of hydrogen-bond donors (Lipinski definition) is 2. The largest absolute Gasteiger partial charge is 0.324 e. The smallest absolute Gasteiger partial charge is 0.157 e. The predicted octanol–water partition coefficient (Wildman–Crippen LogP) is 1.05. The van der Waals surface area contributed by atoms with Crippen molar-refractivity contribution in [3.05, 3.63) is 23.4 Å². The van der Waals surface area contributed by atoms with Crippen LogP contribution in [0, 0.1) is 5.92 Å². The minimum Gasteiger partial charge on any atom is -0.324 e. The van der Waals surface area contributed by atoms with Gasteiger partial charge < -0.3 is 5.43 Å². The van der Waals surface area contributed by atoms with E-state index < -0.39 is 0 Å². The number of hydrazine groups is 1. The Labute approximate surface area is 83.2 Å². The molecule has 0 aromatic carbocycles. The molecule has 1 aliphatic heterocycles. The van der Waals surface area contributed by atoms with Crippen LogP contribution in [-0.2, 0) is 4.79 Å². The minimum absolute atomic E-state index is 0.163. The lowest BCUT2D eigenvalue weighted by atomic mass is 9.82. The molecule has 0 spiro atoms. The van der Waals surface area contributed by atoms with Crippen LogP contribution in [-0.4, -0.2) is 11.3 Å². The third kappa shape index (κ3) is 1.05. The Hall–Kier alpha value is -1.09. The summed E-state index contributed by atoms with van der Waals surface area (Å²) < 4.78 is 0. The lowest BCUT2D eigenvalue weighted by Crippen LogP contribution is -2.46. The van der Waals surface area contributed by atoms with Gasteiger partial charge in [0, 0.05) is 18.0 Å². The van der Waals surface area contributed by atoms with Gasteiger partial charge in [0.1, 0.15) is 0 Å². The van der Waals surface area contributed by atoms with Crippen LogP contribution in [0.5, 0.6) is 0 Å². The zero-order valence-corrected chi connectivity index (χ0v) is 8.26. The van der Waals surface area contributed by atoms with Gasteiger partial charge in [0.15, 0.2) is 5.78 Å². The second kappa shape index (κ2) is 2.48. The number of rotatable bonds is 1. The molecule has 0 radical (unpaired) electrons. The summed E-state index contributed by atoms with van der Waals surface area (Å²) in [7, 11) is 0. The van der Waals surface area contributed by atoms with Crippen LogP contribution in [0.4, 0.5) is 0 Å². The Balaban J connectivity index is 2.05. The molecule has 0 saturated heterocycles. The van der Waals surface area contributed by atoms with E-state index in [9.17, 15) is 4.79 Å². The average molecular weight is 190 g/mol. The summed E-state index contributed by atoms with van der Waals surface area (Å²) in [5.74, 6) is 0.916. The average Bonchev–Trinajstić information content (AvgIpc) is 2.88. The minimum atomic E-state index is -0.163. The van der Waals surface area contributed by atoms with Crippen LogP contribution in [0.1, 0.15) is 26.2 Å². The quantitative estimate of drug-likeness (QED) is 0.649. The molecule has 0 bridgehead atoms. The molecule has 1 unspecified atom stereocenters. The van der Waals surface area contributed by atoms with Crippen LogP contribution in [0.3, 0.4) is 0 Å². The Kier molecular flexibility index (Phi) is 1.46. The van der Waals surface area contributed by atoms with Gasteiger partial charge in [-0.25, -0.2) is 5.43 Å². The van der Waals surface area contributed by atoms with Crippen molar-refractivity contribution in [1.29, 1.82) is 0 Å². The van der Waals surface area contributed by atoms with Crippen molar-refractivity contribution in [2.75, 3.05) is 0 Å². The molecule has 3 nitrogen and oxygen atoms in total. The third-order valence-corrected chi connectivity index (χ3v) is 3.31. The molecular weight excluding hydrogens is 176 g/mol. The van der Waals surface area contributed by atoms with Crippen LogP contribution in [0.25, 0.3) is 0 Å². The number of ketones is 1. The van der Waals surface area contributed by atoms with E-state index in [-0.39, 0.29) is 11.3 Å². The summed E-state index contributed by atoms with van der Waals surface area (Å²) in [6.07, 6.45) is 6.82. The Morgan fingerprint density at radius 3 is 2.93 bits per heavy atom. The molecular formula is C11H14N2O. The van der Waals surface area contributed by atoms with Crippen molar-refractivity contribution in [3.8, 4) is 0 Å². The first-order valence-electron chi connectivity index (χ1n) is 5.18. The van der Waals surface area contributed by atoms with E-state index in [4.69, 9.17) is 0 Å². The van der Waals surface area contributed by atoms with Crippen molar-refractivity contribution in [1.82, 2.24) is 10.9 Å². The standard InChI is InChI=1S/C11H14N2O/c1-11-6-8(14)4-5-9(11)10(12-13-11)7-2-3-7/h4-5,7,12-13H,2-3,6H2,1H3. The molecule has 3 heteroatoms. The van der Waals surface area contributed by atoms with Gasteiger partial charge in [0.25, 0.3) is 0 Å². The summed E-state index contributed by atoms with van der Waals surface area (Å²) in [6, 6.07) is 0. The first-order chi connectivity index (χ1) is 6.69. The molecule has 0 amide bonds. The van der Waals surface area contributed by atoms with E-state index in [0.29, 0.717) is 12.3 Å². The maximum absolute atomic E-state index is 11.3. The topological polar surface area (TPSA) is 41.1 Å². The second-order valence-corrected chi connectivity index (χ2v) is 4.66. The van der Waals surface area contributed by atoms with Gasteiger partial charge in [0.2, 0.25) is 0 Å². The lowest BCUT2D eigenvalue weighted by molar-refractivity contribution is -0.115. The van der Waals surface area contributed by atoms with Gasteiger partial charge in [-0.15, -0.1) is 0 Å². The maximum atomic E-state index is 11.3. The molecule has 1 fully saturated rings. The summed E-state index contributed by atoms with van der Waals surface area (Å²) in [6.45, 7) is 2.09. The van der Waals surface area contributed by atoms with E-state index in [2.05, 4.69) is 17.8 Å². The maximum Gasteiger partial charge on any atom is 0.157 e. The number of carbonyl (C=O) groups is 1. The Morgan fingerprint density at radius 2 is 2.21 bits per heavy atom. The highest BCUT2D eigenvalue weighted by Gasteiger charge is 2.43.